The molecule has 0 saturated carbocycles. The number of pyridine rings is 1. The molecule has 216 valence electrons. The molecule has 0 radical (unpaired) electrons. The number of benzene rings is 2. The van der Waals surface area contributed by atoms with Gasteiger partial charge in [0.25, 0.3) is 5.91 Å². The largest absolute Gasteiger partial charge is 0.490 e. The lowest BCUT2D eigenvalue weighted by Crippen LogP contribution is -2.41. The number of likely N-dealkylation sites (tertiary alicyclic amines) is 2. The predicted molar refractivity (Wildman–Crippen MR) is 158 cm³/mol. The van der Waals surface area contributed by atoms with Crippen LogP contribution in [0.4, 0.5) is 0 Å². The number of nitriles is 1. The number of ketones is 2. The second-order valence-corrected chi connectivity index (χ2v) is 11.3. The van der Waals surface area contributed by atoms with Crippen molar-refractivity contribution in [2.45, 2.75) is 51.7 Å². The van der Waals surface area contributed by atoms with E-state index in [1.807, 2.05) is 41.3 Å². The zero-order chi connectivity index (χ0) is 29.5. The minimum atomic E-state index is -0.0830. The van der Waals surface area contributed by atoms with Gasteiger partial charge in [-0.05, 0) is 92.9 Å². The number of piperidine rings is 2. The monoisotopic (exact) mass is 564 g/mol. The summed E-state index contributed by atoms with van der Waals surface area (Å²) in [5, 5.41) is 8.97. The summed E-state index contributed by atoms with van der Waals surface area (Å²) in [7, 11) is 0. The molecule has 2 fully saturated rings. The van der Waals surface area contributed by atoms with Crippen LogP contribution in [0.1, 0.15) is 81.4 Å². The van der Waals surface area contributed by atoms with Crippen molar-refractivity contribution in [3.8, 4) is 11.8 Å². The first kappa shape index (κ1) is 29.2. The van der Waals surface area contributed by atoms with Crippen LogP contribution in [0.15, 0.2) is 66.9 Å². The van der Waals surface area contributed by atoms with Crippen molar-refractivity contribution in [3.63, 3.8) is 0 Å². The molecule has 5 rings (SSSR count). The van der Waals surface area contributed by atoms with Crippen molar-refractivity contribution in [3.05, 3.63) is 94.8 Å². The Morgan fingerprint density at radius 2 is 1.55 bits per heavy atom. The van der Waals surface area contributed by atoms with Gasteiger partial charge in [-0.25, -0.2) is 0 Å². The second-order valence-electron chi connectivity index (χ2n) is 11.3. The van der Waals surface area contributed by atoms with Crippen LogP contribution >= 0.6 is 0 Å². The Hall–Kier alpha value is -4.35. The number of hydrogen-bond donors (Lipinski definition) is 0. The van der Waals surface area contributed by atoms with Crippen LogP contribution in [0, 0.1) is 17.2 Å². The molecule has 0 aliphatic carbocycles. The lowest BCUT2D eigenvalue weighted by molar-refractivity contribution is 0.0594. The lowest BCUT2D eigenvalue weighted by atomic mass is 9.90. The number of aromatic nitrogens is 1. The van der Waals surface area contributed by atoms with Crippen molar-refractivity contribution in [2.24, 2.45) is 5.92 Å². The van der Waals surface area contributed by atoms with E-state index in [2.05, 4.69) is 16.0 Å². The highest BCUT2D eigenvalue weighted by molar-refractivity contribution is 5.97. The minimum Gasteiger partial charge on any atom is -0.490 e. The Bertz CT molecular complexity index is 1430. The fourth-order valence-electron chi connectivity index (χ4n) is 5.66. The third-order valence-corrected chi connectivity index (χ3v) is 8.26. The molecule has 1 aromatic heterocycles. The average molecular weight is 565 g/mol. The van der Waals surface area contributed by atoms with Gasteiger partial charge in [0, 0.05) is 50.7 Å². The second kappa shape index (κ2) is 13.5. The number of Topliss-reactive ketones (excluding diaryl/α,β-unsaturated/α-hetero) is 2. The smallest absolute Gasteiger partial charge is 0.255 e. The van der Waals surface area contributed by atoms with E-state index in [1.165, 1.54) is 18.7 Å². The molecule has 3 heterocycles. The minimum absolute atomic E-state index is 0.0122. The van der Waals surface area contributed by atoms with E-state index >= 15 is 0 Å². The molecule has 2 aromatic carbocycles. The number of carbonyl (C=O) groups is 3. The molecule has 8 heteroatoms. The third kappa shape index (κ3) is 7.48. The van der Waals surface area contributed by atoms with Crippen LogP contribution in [0.25, 0.3) is 0 Å². The van der Waals surface area contributed by atoms with Crippen molar-refractivity contribution < 1.29 is 19.1 Å². The first-order valence-electron chi connectivity index (χ1n) is 14.7. The quantitative estimate of drug-likeness (QED) is 0.324. The standard InChI is InChI=1S/C34H36N4O4/c1-24(39)28-6-9-30(10-7-28)42-31-14-18-38(19-15-31)34(41)29-8-11-32(36-22-29)33(40)20-25-12-16-37(17-13-25)23-27-4-2-26(21-35)3-5-27/h2-11,22,25,31H,12-20,23H2,1H3. The van der Waals surface area contributed by atoms with Crippen LogP contribution in [0.5, 0.6) is 5.75 Å². The van der Waals surface area contributed by atoms with Gasteiger partial charge in [-0.3, -0.25) is 24.3 Å². The fourth-order valence-corrected chi connectivity index (χ4v) is 5.66. The molecule has 0 unspecified atom stereocenters. The van der Waals surface area contributed by atoms with Crippen LogP contribution in [0.3, 0.4) is 0 Å². The normalized spacial score (nSPS) is 16.5. The Balaban J connectivity index is 1.05. The predicted octanol–water partition coefficient (Wildman–Crippen LogP) is 5.32. The zero-order valence-corrected chi connectivity index (χ0v) is 24.0. The SMILES string of the molecule is CC(=O)c1ccc(OC2CCN(C(=O)c3ccc(C(=O)CC4CCN(Cc5ccc(C#N)cc5)CC4)nc3)CC2)cc1. The molecule has 8 nitrogen and oxygen atoms in total. The Labute approximate surface area is 246 Å². The number of amides is 1. The Kier molecular flexibility index (Phi) is 9.40. The zero-order valence-electron chi connectivity index (χ0n) is 24.0. The molecule has 0 atom stereocenters. The van der Waals surface area contributed by atoms with Crippen LogP contribution < -0.4 is 4.74 Å². The summed E-state index contributed by atoms with van der Waals surface area (Å²) in [6.45, 7) is 5.43. The van der Waals surface area contributed by atoms with Crippen LogP contribution in [0.2, 0.25) is 0 Å². The highest BCUT2D eigenvalue weighted by Gasteiger charge is 2.26. The van der Waals surface area contributed by atoms with Gasteiger partial charge in [0.05, 0.1) is 17.2 Å². The van der Waals surface area contributed by atoms with Crippen molar-refractivity contribution >= 4 is 17.5 Å². The first-order chi connectivity index (χ1) is 20.4. The van der Waals surface area contributed by atoms with Gasteiger partial charge in [-0.15, -0.1) is 0 Å². The van der Waals surface area contributed by atoms with E-state index < -0.39 is 0 Å². The summed E-state index contributed by atoms with van der Waals surface area (Å²) >= 11 is 0. The molecule has 42 heavy (non-hydrogen) atoms. The number of carbonyl (C=O) groups excluding carboxylic acids is 3. The number of hydrogen-bond acceptors (Lipinski definition) is 7. The van der Waals surface area contributed by atoms with Gasteiger partial charge in [0.1, 0.15) is 17.5 Å². The maximum Gasteiger partial charge on any atom is 0.255 e. The Morgan fingerprint density at radius 3 is 2.14 bits per heavy atom. The maximum atomic E-state index is 13.1. The summed E-state index contributed by atoms with van der Waals surface area (Å²) in [4.78, 5) is 46.0. The van der Waals surface area contributed by atoms with Gasteiger partial charge >= 0.3 is 0 Å². The van der Waals surface area contributed by atoms with Gasteiger partial charge in [0.15, 0.2) is 11.6 Å². The maximum absolute atomic E-state index is 13.1. The molecule has 0 bridgehead atoms. The van der Waals surface area contributed by atoms with Gasteiger partial charge in [-0.1, -0.05) is 12.1 Å². The molecule has 2 aliphatic rings. The highest BCUT2D eigenvalue weighted by Crippen LogP contribution is 2.24. The van der Waals surface area contributed by atoms with E-state index in [0.29, 0.717) is 47.8 Å². The van der Waals surface area contributed by atoms with E-state index in [-0.39, 0.29) is 23.6 Å². The average Bonchev–Trinajstić information content (AvgIpc) is 3.03. The number of ether oxygens (including phenoxy) is 1. The van der Waals surface area contributed by atoms with Crippen molar-refractivity contribution in [1.29, 1.82) is 5.26 Å². The summed E-state index contributed by atoms with van der Waals surface area (Å²) in [6, 6.07) is 20.4. The van der Waals surface area contributed by atoms with Gasteiger partial charge < -0.3 is 9.64 Å². The van der Waals surface area contributed by atoms with Crippen LogP contribution in [-0.2, 0) is 6.54 Å². The molecule has 0 N–H and O–H groups in total. The molecule has 1 amide bonds. The third-order valence-electron chi connectivity index (χ3n) is 8.26. The summed E-state index contributed by atoms with van der Waals surface area (Å²) < 4.78 is 6.06. The van der Waals surface area contributed by atoms with Gasteiger partial charge in [0.2, 0.25) is 0 Å². The highest BCUT2D eigenvalue weighted by atomic mass is 16.5. The summed E-state index contributed by atoms with van der Waals surface area (Å²) in [6.07, 6.45) is 5.36. The topological polar surface area (TPSA) is 104 Å². The molecule has 2 aliphatic heterocycles. The van der Waals surface area contributed by atoms with E-state index in [9.17, 15) is 14.4 Å². The van der Waals surface area contributed by atoms with Gasteiger partial charge in [-0.2, -0.15) is 5.26 Å². The summed E-state index contributed by atoms with van der Waals surface area (Å²) in [5.74, 6) is 1.01. The van der Waals surface area contributed by atoms with Crippen LogP contribution in [-0.4, -0.2) is 64.5 Å². The lowest BCUT2D eigenvalue weighted by Gasteiger charge is -2.32. The molecular formula is C34H36N4O4. The molecule has 2 saturated heterocycles. The van der Waals surface area contributed by atoms with E-state index in [4.69, 9.17) is 10.00 Å². The molecule has 0 spiro atoms. The molecule has 3 aromatic rings. The number of nitrogens with zero attached hydrogens (tertiary/aromatic N) is 4. The fraction of sp³-hybridized carbons (Fsp3) is 0.382. The van der Waals surface area contributed by atoms with E-state index in [0.717, 1.165) is 51.1 Å². The van der Waals surface area contributed by atoms with Crippen molar-refractivity contribution in [1.82, 2.24) is 14.8 Å². The number of rotatable bonds is 9. The van der Waals surface area contributed by atoms with Crippen molar-refractivity contribution in [2.75, 3.05) is 26.2 Å². The summed E-state index contributed by atoms with van der Waals surface area (Å²) in [5.41, 5.74) is 3.42. The first-order valence-corrected chi connectivity index (χ1v) is 14.7. The molecular weight excluding hydrogens is 528 g/mol. The van der Waals surface area contributed by atoms with E-state index in [1.54, 1.807) is 24.3 Å². The Morgan fingerprint density at radius 1 is 0.881 bits per heavy atom.